The minimum Gasteiger partial charge on any atom is -0.271 e. The summed E-state index contributed by atoms with van der Waals surface area (Å²) < 4.78 is 2.06. The van der Waals surface area contributed by atoms with Gasteiger partial charge in [0.05, 0.1) is 0 Å². The molecule has 0 saturated heterocycles. The Kier molecular flexibility index (Phi) is 6.05. The van der Waals surface area contributed by atoms with Crippen molar-refractivity contribution in [1.29, 1.82) is 0 Å². The zero-order valence-electron chi connectivity index (χ0n) is 10.7. The van der Waals surface area contributed by atoms with Crippen LogP contribution in [0.5, 0.6) is 0 Å². The van der Waals surface area contributed by atoms with Gasteiger partial charge in [-0.3, -0.25) is 11.3 Å². The van der Waals surface area contributed by atoms with E-state index in [2.05, 4.69) is 49.4 Å². The van der Waals surface area contributed by atoms with Crippen LogP contribution in [0.4, 0.5) is 0 Å². The molecule has 106 valence electrons. The number of hydrogen-bond acceptors (Lipinski definition) is 2. The van der Waals surface area contributed by atoms with Crippen molar-refractivity contribution in [2.45, 2.75) is 18.9 Å². The van der Waals surface area contributed by atoms with Crippen molar-refractivity contribution in [3.05, 3.63) is 67.6 Å². The highest BCUT2D eigenvalue weighted by Gasteiger charge is 2.11. The van der Waals surface area contributed by atoms with Gasteiger partial charge in [-0.15, -0.1) is 0 Å². The van der Waals surface area contributed by atoms with E-state index in [4.69, 9.17) is 17.4 Å². The topological polar surface area (TPSA) is 38.0 Å². The van der Waals surface area contributed by atoms with Gasteiger partial charge in [0.25, 0.3) is 0 Å². The third kappa shape index (κ3) is 4.57. The SMILES string of the molecule is NNC(Cc1ccc(Br)cc1)Cc1ccc(Br)cc1Cl. The van der Waals surface area contributed by atoms with Gasteiger partial charge in [-0.1, -0.05) is 61.7 Å². The van der Waals surface area contributed by atoms with Crippen LogP contribution in [-0.4, -0.2) is 6.04 Å². The summed E-state index contributed by atoms with van der Waals surface area (Å²) in [6.45, 7) is 0. The summed E-state index contributed by atoms with van der Waals surface area (Å²) in [7, 11) is 0. The molecule has 1 unspecified atom stereocenters. The molecule has 2 rings (SSSR count). The van der Waals surface area contributed by atoms with Gasteiger partial charge in [-0.25, -0.2) is 0 Å². The lowest BCUT2D eigenvalue weighted by molar-refractivity contribution is 0.522. The van der Waals surface area contributed by atoms with Crippen LogP contribution < -0.4 is 11.3 Å². The molecule has 0 saturated carbocycles. The first kappa shape index (κ1) is 16.0. The monoisotopic (exact) mass is 416 g/mol. The molecule has 0 radical (unpaired) electrons. The van der Waals surface area contributed by atoms with Crippen molar-refractivity contribution in [3.8, 4) is 0 Å². The smallest absolute Gasteiger partial charge is 0.0449 e. The summed E-state index contributed by atoms with van der Waals surface area (Å²) >= 11 is 13.1. The summed E-state index contributed by atoms with van der Waals surface area (Å²) in [5.41, 5.74) is 5.21. The lowest BCUT2D eigenvalue weighted by Gasteiger charge is -2.17. The second kappa shape index (κ2) is 7.57. The molecule has 0 aliphatic heterocycles. The first-order chi connectivity index (χ1) is 9.58. The molecule has 0 spiro atoms. The minimum atomic E-state index is 0.148. The maximum absolute atomic E-state index is 6.25. The largest absolute Gasteiger partial charge is 0.271 e. The van der Waals surface area contributed by atoms with E-state index in [0.717, 1.165) is 32.4 Å². The standard InChI is InChI=1S/C15H15Br2ClN2/c16-12-4-1-10(2-5-12)7-14(20-19)8-11-3-6-13(17)9-15(11)18/h1-6,9,14,20H,7-8,19H2. The molecule has 0 heterocycles. The Morgan fingerprint density at radius 3 is 2.25 bits per heavy atom. The highest BCUT2D eigenvalue weighted by Crippen LogP contribution is 2.23. The molecule has 0 aromatic heterocycles. The Morgan fingerprint density at radius 2 is 1.65 bits per heavy atom. The Labute approximate surface area is 140 Å². The summed E-state index contributed by atoms with van der Waals surface area (Å²) in [6.07, 6.45) is 1.65. The van der Waals surface area contributed by atoms with Gasteiger partial charge in [0.2, 0.25) is 0 Å². The predicted molar refractivity (Wildman–Crippen MR) is 91.8 cm³/mol. The molecule has 1 atom stereocenters. The van der Waals surface area contributed by atoms with E-state index < -0.39 is 0 Å². The third-order valence-corrected chi connectivity index (χ3v) is 4.49. The average molecular weight is 419 g/mol. The Bertz CT molecular complexity index is 573. The third-order valence-electron chi connectivity index (χ3n) is 3.11. The van der Waals surface area contributed by atoms with Crippen LogP contribution in [0.25, 0.3) is 0 Å². The van der Waals surface area contributed by atoms with Gasteiger partial charge in [0.15, 0.2) is 0 Å². The normalized spacial score (nSPS) is 12.4. The molecule has 5 heteroatoms. The maximum Gasteiger partial charge on any atom is 0.0449 e. The van der Waals surface area contributed by atoms with Crippen LogP contribution in [0, 0.1) is 0 Å². The molecule has 0 amide bonds. The van der Waals surface area contributed by atoms with Crippen molar-refractivity contribution in [2.24, 2.45) is 5.84 Å². The van der Waals surface area contributed by atoms with E-state index >= 15 is 0 Å². The van der Waals surface area contributed by atoms with Crippen LogP contribution >= 0.6 is 43.5 Å². The van der Waals surface area contributed by atoms with Gasteiger partial charge in [-0.2, -0.15) is 0 Å². The van der Waals surface area contributed by atoms with Crippen LogP contribution in [0.15, 0.2) is 51.4 Å². The molecule has 2 aromatic carbocycles. The van der Waals surface area contributed by atoms with Gasteiger partial charge < -0.3 is 0 Å². The van der Waals surface area contributed by atoms with Crippen molar-refractivity contribution in [1.82, 2.24) is 5.43 Å². The van der Waals surface area contributed by atoms with Crippen LogP contribution in [0.2, 0.25) is 5.02 Å². The fourth-order valence-corrected chi connectivity index (χ4v) is 3.06. The fourth-order valence-electron chi connectivity index (χ4n) is 2.05. The van der Waals surface area contributed by atoms with Gasteiger partial charge in [0.1, 0.15) is 0 Å². The van der Waals surface area contributed by atoms with Gasteiger partial charge in [0, 0.05) is 20.0 Å². The molecule has 2 nitrogen and oxygen atoms in total. The lowest BCUT2D eigenvalue weighted by Crippen LogP contribution is -2.38. The van der Waals surface area contributed by atoms with Crippen LogP contribution in [-0.2, 0) is 12.8 Å². The second-order valence-electron chi connectivity index (χ2n) is 4.63. The van der Waals surface area contributed by atoms with Crippen LogP contribution in [0.1, 0.15) is 11.1 Å². The number of rotatable bonds is 5. The predicted octanol–water partition coefficient (Wildman–Crippen LogP) is 4.48. The molecule has 0 aliphatic carbocycles. The molecular formula is C15H15Br2ClN2. The van der Waals surface area contributed by atoms with E-state index in [-0.39, 0.29) is 6.04 Å². The van der Waals surface area contributed by atoms with Crippen LogP contribution in [0.3, 0.4) is 0 Å². The number of nitrogens with two attached hydrogens (primary N) is 1. The van der Waals surface area contributed by atoms with Crippen molar-refractivity contribution in [2.75, 3.05) is 0 Å². The summed E-state index contributed by atoms with van der Waals surface area (Å²) in [5.74, 6) is 5.67. The van der Waals surface area contributed by atoms with Crippen molar-refractivity contribution >= 4 is 43.5 Å². The highest BCUT2D eigenvalue weighted by atomic mass is 79.9. The van der Waals surface area contributed by atoms with Gasteiger partial charge in [-0.05, 0) is 48.2 Å². The first-order valence-corrected chi connectivity index (χ1v) is 8.19. The van der Waals surface area contributed by atoms with E-state index in [1.807, 2.05) is 30.3 Å². The molecule has 0 aliphatic rings. The molecule has 0 fully saturated rings. The second-order valence-corrected chi connectivity index (χ2v) is 6.87. The zero-order chi connectivity index (χ0) is 14.5. The number of hydrogen-bond donors (Lipinski definition) is 2. The Hall–Kier alpha value is -0.390. The highest BCUT2D eigenvalue weighted by molar-refractivity contribution is 9.10. The van der Waals surface area contributed by atoms with Gasteiger partial charge >= 0.3 is 0 Å². The molecule has 3 N–H and O–H groups in total. The minimum absolute atomic E-state index is 0.148. The van der Waals surface area contributed by atoms with E-state index in [1.54, 1.807) is 0 Å². The molecule has 20 heavy (non-hydrogen) atoms. The molecule has 2 aromatic rings. The summed E-state index contributed by atoms with van der Waals surface area (Å²) in [4.78, 5) is 0. The first-order valence-electron chi connectivity index (χ1n) is 6.23. The zero-order valence-corrected chi connectivity index (χ0v) is 14.7. The maximum atomic E-state index is 6.25. The van der Waals surface area contributed by atoms with Crippen molar-refractivity contribution < 1.29 is 0 Å². The number of nitrogens with one attached hydrogen (secondary N) is 1. The summed E-state index contributed by atoms with van der Waals surface area (Å²) in [5, 5.41) is 0.760. The molecular weight excluding hydrogens is 403 g/mol. The van der Waals surface area contributed by atoms with E-state index in [0.29, 0.717) is 0 Å². The van der Waals surface area contributed by atoms with E-state index in [1.165, 1.54) is 5.56 Å². The lowest BCUT2D eigenvalue weighted by atomic mass is 9.99. The fraction of sp³-hybridized carbons (Fsp3) is 0.200. The summed E-state index contributed by atoms with van der Waals surface area (Å²) in [6, 6.07) is 14.3. The quantitative estimate of drug-likeness (QED) is 0.555. The average Bonchev–Trinajstić information content (AvgIpc) is 2.43. The molecule has 0 bridgehead atoms. The Morgan fingerprint density at radius 1 is 1.00 bits per heavy atom. The number of hydrazine groups is 1. The number of halogens is 3. The Balaban J connectivity index is 2.07. The number of benzene rings is 2. The van der Waals surface area contributed by atoms with Crippen molar-refractivity contribution in [3.63, 3.8) is 0 Å². The van der Waals surface area contributed by atoms with E-state index in [9.17, 15) is 0 Å².